The number of para-hydroxylation sites is 1. The van der Waals surface area contributed by atoms with Crippen LogP contribution < -0.4 is 4.74 Å². The van der Waals surface area contributed by atoms with Crippen molar-refractivity contribution in [2.45, 2.75) is 16.4 Å². The SMILES string of the molecule is COc1ccccc1Sc1ccc(Br)cc1CO. The lowest BCUT2D eigenvalue weighted by atomic mass is 10.2. The Bertz CT molecular complexity index is 543. The molecule has 0 bridgehead atoms. The summed E-state index contributed by atoms with van der Waals surface area (Å²) in [5.41, 5.74) is 0.903. The number of aliphatic hydroxyl groups excluding tert-OH is 1. The Hall–Kier alpha value is -0.970. The van der Waals surface area contributed by atoms with Crippen LogP contribution in [0.5, 0.6) is 5.75 Å². The Labute approximate surface area is 119 Å². The molecule has 94 valence electrons. The van der Waals surface area contributed by atoms with Crippen molar-refractivity contribution in [2.75, 3.05) is 7.11 Å². The highest BCUT2D eigenvalue weighted by Crippen LogP contribution is 2.37. The van der Waals surface area contributed by atoms with Gasteiger partial charge in [0.25, 0.3) is 0 Å². The number of hydrogen-bond donors (Lipinski definition) is 1. The number of hydrogen-bond acceptors (Lipinski definition) is 3. The lowest BCUT2D eigenvalue weighted by Crippen LogP contribution is -1.89. The summed E-state index contributed by atoms with van der Waals surface area (Å²) >= 11 is 5.00. The second kappa shape index (κ2) is 6.27. The molecule has 2 rings (SSSR count). The number of rotatable bonds is 4. The Balaban J connectivity index is 2.33. The number of aliphatic hydroxyl groups is 1. The molecule has 0 saturated carbocycles. The molecule has 0 unspecified atom stereocenters. The molecule has 0 amide bonds. The topological polar surface area (TPSA) is 29.5 Å². The Morgan fingerprint density at radius 3 is 2.67 bits per heavy atom. The highest BCUT2D eigenvalue weighted by atomic mass is 79.9. The van der Waals surface area contributed by atoms with E-state index >= 15 is 0 Å². The van der Waals surface area contributed by atoms with Gasteiger partial charge in [0.15, 0.2) is 0 Å². The standard InChI is InChI=1S/C14H13BrO2S/c1-17-12-4-2-3-5-14(12)18-13-7-6-11(15)8-10(13)9-16/h2-8,16H,9H2,1H3. The van der Waals surface area contributed by atoms with Crippen LogP contribution in [0.15, 0.2) is 56.7 Å². The zero-order valence-corrected chi connectivity index (χ0v) is 12.3. The van der Waals surface area contributed by atoms with Crippen LogP contribution in [0.3, 0.4) is 0 Å². The summed E-state index contributed by atoms with van der Waals surface area (Å²) in [7, 11) is 1.66. The molecule has 0 aliphatic rings. The number of benzene rings is 2. The van der Waals surface area contributed by atoms with Crippen LogP contribution in [-0.4, -0.2) is 12.2 Å². The van der Waals surface area contributed by atoms with Gasteiger partial charge in [-0.1, -0.05) is 39.8 Å². The predicted molar refractivity (Wildman–Crippen MR) is 77.2 cm³/mol. The van der Waals surface area contributed by atoms with E-state index in [-0.39, 0.29) is 6.61 Å². The molecule has 0 radical (unpaired) electrons. The van der Waals surface area contributed by atoms with Crippen molar-refractivity contribution < 1.29 is 9.84 Å². The summed E-state index contributed by atoms with van der Waals surface area (Å²) < 4.78 is 6.29. The maximum absolute atomic E-state index is 9.38. The van der Waals surface area contributed by atoms with Gasteiger partial charge in [0, 0.05) is 9.37 Å². The van der Waals surface area contributed by atoms with Crippen LogP contribution in [0.4, 0.5) is 0 Å². The largest absolute Gasteiger partial charge is 0.496 e. The monoisotopic (exact) mass is 324 g/mol. The number of ether oxygens (including phenoxy) is 1. The molecule has 18 heavy (non-hydrogen) atoms. The molecule has 4 heteroatoms. The fourth-order valence-electron chi connectivity index (χ4n) is 1.59. The van der Waals surface area contributed by atoms with Gasteiger partial charge in [-0.2, -0.15) is 0 Å². The average Bonchev–Trinajstić information content (AvgIpc) is 2.41. The minimum Gasteiger partial charge on any atom is -0.496 e. The molecule has 0 heterocycles. The van der Waals surface area contributed by atoms with Crippen molar-refractivity contribution in [3.8, 4) is 5.75 Å². The zero-order chi connectivity index (χ0) is 13.0. The predicted octanol–water partition coefficient (Wildman–Crippen LogP) is 4.10. The lowest BCUT2D eigenvalue weighted by molar-refractivity contribution is 0.279. The van der Waals surface area contributed by atoms with E-state index in [1.165, 1.54) is 0 Å². The van der Waals surface area contributed by atoms with Gasteiger partial charge in [-0.15, -0.1) is 0 Å². The van der Waals surface area contributed by atoms with Crippen LogP contribution in [0.25, 0.3) is 0 Å². The molecule has 1 N–H and O–H groups in total. The first-order chi connectivity index (χ1) is 8.74. The van der Waals surface area contributed by atoms with Gasteiger partial charge >= 0.3 is 0 Å². The molecule has 0 aliphatic carbocycles. The quantitative estimate of drug-likeness (QED) is 0.918. The first kappa shape index (κ1) is 13.5. The van der Waals surface area contributed by atoms with Gasteiger partial charge in [0.05, 0.1) is 18.6 Å². The van der Waals surface area contributed by atoms with Crippen molar-refractivity contribution in [1.82, 2.24) is 0 Å². The van der Waals surface area contributed by atoms with Crippen LogP contribution in [0, 0.1) is 0 Å². The molecule has 0 spiro atoms. The molecular weight excluding hydrogens is 312 g/mol. The summed E-state index contributed by atoms with van der Waals surface area (Å²) in [6.45, 7) is 0.0247. The van der Waals surface area contributed by atoms with Crippen LogP contribution >= 0.6 is 27.7 Å². The zero-order valence-electron chi connectivity index (χ0n) is 9.89. The summed E-state index contributed by atoms with van der Waals surface area (Å²) in [5, 5.41) is 9.38. The van der Waals surface area contributed by atoms with Crippen molar-refractivity contribution in [3.63, 3.8) is 0 Å². The van der Waals surface area contributed by atoms with E-state index in [1.807, 2.05) is 42.5 Å². The van der Waals surface area contributed by atoms with Gasteiger partial charge in [-0.3, -0.25) is 0 Å². The molecule has 0 aromatic heterocycles. The van der Waals surface area contributed by atoms with Crippen LogP contribution in [0.2, 0.25) is 0 Å². The number of methoxy groups -OCH3 is 1. The van der Waals surface area contributed by atoms with Crippen molar-refractivity contribution in [3.05, 3.63) is 52.5 Å². The highest BCUT2D eigenvalue weighted by Gasteiger charge is 2.08. The van der Waals surface area contributed by atoms with E-state index in [0.717, 1.165) is 25.6 Å². The summed E-state index contributed by atoms with van der Waals surface area (Å²) in [5.74, 6) is 0.842. The summed E-state index contributed by atoms with van der Waals surface area (Å²) in [6.07, 6.45) is 0. The van der Waals surface area contributed by atoms with Crippen LogP contribution in [-0.2, 0) is 6.61 Å². The van der Waals surface area contributed by atoms with E-state index < -0.39 is 0 Å². The third-order valence-corrected chi connectivity index (χ3v) is 4.15. The highest BCUT2D eigenvalue weighted by molar-refractivity contribution is 9.10. The molecule has 0 saturated heterocycles. The van der Waals surface area contributed by atoms with Gasteiger partial charge in [-0.25, -0.2) is 0 Å². The molecule has 2 aromatic rings. The third-order valence-electron chi connectivity index (χ3n) is 2.48. The smallest absolute Gasteiger partial charge is 0.132 e. The minimum absolute atomic E-state index is 0.0247. The Morgan fingerprint density at radius 1 is 1.17 bits per heavy atom. The molecule has 2 nitrogen and oxygen atoms in total. The van der Waals surface area contributed by atoms with Crippen molar-refractivity contribution in [1.29, 1.82) is 0 Å². The summed E-state index contributed by atoms with van der Waals surface area (Å²) in [4.78, 5) is 2.07. The fraction of sp³-hybridized carbons (Fsp3) is 0.143. The first-order valence-electron chi connectivity index (χ1n) is 5.44. The maximum atomic E-state index is 9.38. The van der Waals surface area contributed by atoms with Gasteiger partial charge < -0.3 is 9.84 Å². The minimum atomic E-state index is 0.0247. The second-order valence-corrected chi connectivity index (χ2v) is 5.66. The van der Waals surface area contributed by atoms with E-state index in [4.69, 9.17) is 4.74 Å². The first-order valence-corrected chi connectivity index (χ1v) is 7.05. The Morgan fingerprint density at radius 2 is 1.94 bits per heavy atom. The maximum Gasteiger partial charge on any atom is 0.132 e. The number of halogens is 1. The van der Waals surface area contributed by atoms with Crippen molar-refractivity contribution >= 4 is 27.7 Å². The molecular formula is C14H13BrO2S. The van der Waals surface area contributed by atoms with E-state index in [1.54, 1.807) is 18.9 Å². The van der Waals surface area contributed by atoms with Gasteiger partial charge in [-0.05, 0) is 35.9 Å². The molecule has 0 fully saturated rings. The van der Waals surface area contributed by atoms with E-state index in [0.29, 0.717) is 0 Å². The van der Waals surface area contributed by atoms with Crippen molar-refractivity contribution in [2.24, 2.45) is 0 Å². The second-order valence-electron chi connectivity index (χ2n) is 3.66. The van der Waals surface area contributed by atoms with Crippen LogP contribution in [0.1, 0.15) is 5.56 Å². The molecule has 2 aromatic carbocycles. The molecule has 0 atom stereocenters. The summed E-state index contributed by atoms with van der Waals surface area (Å²) in [6, 6.07) is 13.7. The average molecular weight is 325 g/mol. The van der Waals surface area contributed by atoms with E-state index in [9.17, 15) is 5.11 Å². The third kappa shape index (κ3) is 3.07. The Kier molecular flexibility index (Phi) is 4.69. The normalized spacial score (nSPS) is 10.4. The lowest BCUT2D eigenvalue weighted by Gasteiger charge is -2.10. The van der Waals surface area contributed by atoms with E-state index in [2.05, 4.69) is 15.9 Å². The fourth-order valence-corrected chi connectivity index (χ4v) is 3.03. The van der Waals surface area contributed by atoms with Gasteiger partial charge in [0.1, 0.15) is 5.75 Å². The van der Waals surface area contributed by atoms with Gasteiger partial charge in [0.2, 0.25) is 0 Å². The molecule has 0 aliphatic heterocycles.